The van der Waals surface area contributed by atoms with E-state index >= 15 is 0 Å². The number of nitrogens with zero attached hydrogens (tertiary/aromatic N) is 3. The van der Waals surface area contributed by atoms with E-state index in [2.05, 4.69) is 33.8 Å². The lowest BCUT2D eigenvalue weighted by molar-refractivity contribution is 0.144. The van der Waals surface area contributed by atoms with Crippen molar-refractivity contribution in [3.8, 4) is 0 Å². The minimum Gasteiger partial charge on any atom is -0.399 e. The van der Waals surface area contributed by atoms with Crippen molar-refractivity contribution in [2.75, 3.05) is 76.2 Å². The molecular weight excluding hydrogens is 304 g/mol. The molecule has 0 fully saturated rings. The lowest BCUT2D eigenvalue weighted by Gasteiger charge is -2.28. The molecule has 1 heterocycles. The third-order valence-electron chi connectivity index (χ3n) is 4.80. The second-order valence-electron chi connectivity index (χ2n) is 6.35. The Bertz CT molecular complexity index is 492. The van der Waals surface area contributed by atoms with E-state index in [1.54, 1.807) is 0 Å². The zero-order valence-corrected chi connectivity index (χ0v) is 14.8. The van der Waals surface area contributed by atoms with Gasteiger partial charge in [0.25, 0.3) is 0 Å². The third kappa shape index (κ3) is 5.34. The van der Waals surface area contributed by atoms with Gasteiger partial charge in [0.1, 0.15) is 0 Å². The Hall–Kier alpha value is -1.34. The molecule has 1 aromatic rings. The number of rotatable bonds is 11. The molecule has 4 N–H and O–H groups in total. The van der Waals surface area contributed by atoms with Gasteiger partial charge in [0.2, 0.25) is 0 Å². The Kier molecular flexibility index (Phi) is 7.78. The lowest BCUT2D eigenvalue weighted by Crippen LogP contribution is -2.41. The smallest absolute Gasteiger partial charge is 0.0558 e. The van der Waals surface area contributed by atoms with Gasteiger partial charge >= 0.3 is 0 Å². The molecule has 1 aliphatic heterocycles. The molecule has 0 amide bonds. The first-order valence-corrected chi connectivity index (χ1v) is 8.97. The van der Waals surface area contributed by atoms with E-state index in [1.807, 2.05) is 6.07 Å². The van der Waals surface area contributed by atoms with Crippen LogP contribution in [0.4, 0.5) is 11.4 Å². The normalized spacial score (nSPS) is 14.0. The highest BCUT2D eigenvalue weighted by molar-refractivity contribution is 5.64. The molecule has 6 nitrogen and oxygen atoms in total. The van der Waals surface area contributed by atoms with Crippen molar-refractivity contribution in [2.45, 2.75) is 13.3 Å². The highest BCUT2D eigenvalue weighted by Gasteiger charge is 2.19. The highest BCUT2D eigenvalue weighted by Crippen LogP contribution is 2.29. The largest absolute Gasteiger partial charge is 0.399 e. The fraction of sp³-hybridized carbons (Fsp3) is 0.667. The van der Waals surface area contributed by atoms with Crippen LogP contribution in [-0.4, -0.2) is 85.6 Å². The number of hydrogen-bond donors (Lipinski definition) is 3. The van der Waals surface area contributed by atoms with Crippen LogP contribution >= 0.6 is 0 Å². The number of hydrogen-bond acceptors (Lipinski definition) is 6. The summed E-state index contributed by atoms with van der Waals surface area (Å²) < 4.78 is 0. The first-order chi connectivity index (χ1) is 11.7. The van der Waals surface area contributed by atoms with Gasteiger partial charge in [-0.05, 0) is 30.7 Å². The monoisotopic (exact) mass is 336 g/mol. The number of aliphatic hydroxyl groups is 2. The summed E-state index contributed by atoms with van der Waals surface area (Å²) in [4.78, 5) is 6.95. The molecule has 0 radical (unpaired) electrons. The van der Waals surface area contributed by atoms with Gasteiger partial charge in [0.05, 0.1) is 13.2 Å². The van der Waals surface area contributed by atoms with Crippen LogP contribution in [0.1, 0.15) is 12.5 Å². The molecule has 0 saturated heterocycles. The maximum atomic E-state index is 9.09. The average Bonchev–Trinajstić information content (AvgIpc) is 2.97. The van der Waals surface area contributed by atoms with Gasteiger partial charge in [-0.2, -0.15) is 0 Å². The summed E-state index contributed by atoms with van der Waals surface area (Å²) >= 11 is 0. The summed E-state index contributed by atoms with van der Waals surface area (Å²) in [6.45, 7) is 9.61. The zero-order valence-electron chi connectivity index (χ0n) is 14.8. The molecule has 0 spiro atoms. The van der Waals surface area contributed by atoms with Crippen molar-refractivity contribution in [3.05, 3.63) is 23.8 Å². The van der Waals surface area contributed by atoms with Crippen molar-refractivity contribution in [3.63, 3.8) is 0 Å². The minimum absolute atomic E-state index is 0.137. The SMILES string of the molecule is CCN(CCN(CCO)CCO)CCN1CCc2ccc(N)cc21. The predicted octanol–water partition coefficient (Wildman–Crippen LogP) is 0.240. The Labute approximate surface area is 145 Å². The molecule has 0 atom stereocenters. The van der Waals surface area contributed by atoms with Crippen LogP contribution in [0.3, 0.4) is 0 Å². The zero-order chi connectivity index (χ0) is 17.4. The van der Waals surface area contributed by atoms with Gasteiger partial charge in [-0.25, -0.2) is 0 Å². The fourth-order valence-corrected chi connectivity index (χ4v) is 3.29. The maximum Gasteiger partial charge on any atom is 0.0558 e. The Morgan fingerprint density at radius 2 is 1.75 bits per heavy atom. The van der Waals surface area contributed by atoms with Crippen LogP contribution in [0.15, 0.2) is 18.2 Å². The molecule has 0 unspecified atom stereocenters. The summed E-state index contributed by atoms with van der Waals surface area (Å²) in [5, 5.41) is 18.2. The van der Waals surface area contributed by atoms with Gasteiger partial charge in [0.15, 0.2) is 0 Å². The molecule has 0 bridgehead atoms. The summed E-state index contributed by atoms with van der Waals surface area (Å²) in [5.41, 5.74) is 9.44. The van der Waals surface area contributed by atoms with Crippen LogP contribution in [0.25, 0.3) is 0 Å². The first kappa shape index (κ1) is 19.0. The van der Waals surface area contributed by atoms with E-state index in [0.717, 1.165) is 51.4 Å². The Balaban J connectivity index is 1.81. The van der Waals surface area contributed by atoms with E-state index in [9.17, 15) is 0 Å². The van der Waals surface area contributed by atoms with Gasteiger partial charge in [-0.15, -0.1) is 0 Å². The number of benzene rings is 1. The van der Waals surface area contributed by atoms with Crippen molar-refractivity contribution in [1.82, 2.24) is 9.80 Å². The molecule has 1 aliphatic rings. The number of likely N-dealkylation sites (N-methyl/N-ethyl adjacent to an activating group) is 1. The molecule has 1 aromatic carbocycles. The second kappa shape index (κ2) is 9.84. The first-order valence-electron chi connectivity index (χ1n) is 8.97. The highest BCUT2D eigenvalue weighted by atomic mass is 16.3. The van der Waals surface area contributed by atoms with Crippen molar-refractivity contribution < 1.29 is 10.2 Å². The van der Waals surface area contributed by atoms with E-state index in [0.29, 0.717) is 13.1 Å². The number of nitrogen functional groups attached to an aromatic ring is 1. The number of fused-ring (bicyclic) bond motifs is 1. The topological polar surface area (TPSA) is 76.2 Å². The maximum absolute atomic E-state index is 9.09. The van der Waals surface area contributed by atoms with E-state index in [4.69, 9.17) is 15.9 Å². The molecule has 2 rings (SSSR count). The van der Waals surface area contributed by atoms with Gasteiger partial charge < -0.3 is 25.7 Å². The number of aliphatic hydroxyl groups excluding tert-OH is 2. The Morgan fingerprint density at radius 1 is 1.04 bits per heavy atom. The fourth-order valence-electron chi connectivity index (χ4n) is 3.29. The predicted molar refractivity (Wildman–Crippen MR) is 99.5 cm³/mol. The lowest BCUT2D eigenvalue weighted by atomic mass is 10.1. The minimum atomic E-state index is 0.137. The summed E-state index contributed by atoms with van der Waals surface area (Å²) in [7, 11) is 0. The Morgan fingerprint density at radius 3 is 2.42 bits per heavy atom. The molecule has 0 saturated carbocycles. The van der Waals surface area contributed by atoms with Crippen LogP contribution < -0.4 is 10.6 Å². The van der Waals surface area contributed by atoms with E-state index < -0.39 is 0 Å². The van der Waals surface area contributed by atoms with E-state index in [1.165, 1.54) is 11.3 Å². The van der Waals surface area contributed by atoms with Gasteiger partial charge in [0, 0.05) is 57.2 Å². The molecular formula is C18H32N4O2. The summed E-state index contributed by atoms with van der Waals surface area (Å²) in [6, 6.07) is 6.21. The van der Waals surface area contributed by atoms with Crippen molar-refractivity contribution in [2.24, 2.45) is 0 Å². The quantitative estimate of drug-likeness (QED) is 0.503. The molecule has 24 heavy (non-hydrogen) atoms. The molecule has 6 heteroatoms. The van der Waals surface area contributed by atoms with Crippen LogP contribution in [0.5, 0.6) is 0 Å². The number of anilines is 2. The third-order valence-corrected chi connectivity index (χ3v) is 4.80. The molecule has 136 valence electrons. The number of nitrogens with two attached hydrogens (primary N) is 1. The van der Waals surface area contributed by atoms with Gasteiger partial charge in [-0.1, -0.05) is 13.0 Å². The van der Waals surface area contributed by atoms with Crippen molar-refractivity contribution >= 4 is 11.4 Å². The van der Waals surface area contributed by atoms with E-state index in [-0.39, 0.29) is 13.2 Å². The second-order valence-corrected chi connectivity index (χ2v) is 6.35. The summed E-state index contributed by atoms with van der Waals surface area (Å²) in [5.74, 6) is 0. The van der Waals surface area contributed by atoms with Crippen LogP contribution in [0, 0.1) is 0 Å². The van der Waals surface area contributed by atoms with Crippen molar-refractivity contribution in [1.29, 1.82) is 0 Å². The molecule has 0 aliphatic carbocycles. The standard InChI is InChI=1S/C18H32N4O2/c1-2-20(7-8-21(11-13-23)12-14-24)9-10-22-6-5-16-3-4-17(19)15-18(16)22/h3-4,15,23-24H,2,5-14,19H2,1H3. The van der Waals surface area contributed by atoms with Crippen LogP contribution in [-0.2, 0) is 6.42 Å². The summed E-state index contributed by atoms with van der Waals surface area (Å²) in [6.07, 6.45) is 1.10. The van der Waals surface area contributed by atoms with Gasteiger partial charge in [-0.3, -0.25) is 4.90 Å². The molecule has 0 aromatic heterocycles. The average molecular weight is 336 g/mol. The van der Waals surface area contributed by atoms with Crippen LogP contribution in [0.2, 0.25) is 0 Å².